The van der Waals surface area contributed by atoms with E-state index in [0.717, 1.165) is 4.90 Å². The van der Waals surface area contributed by atoms with Crippen molar-refractivity contribution in [2.24, 2.45) is 0 Å². The molecular formula is C23H17FN2O5. The van der Waals surface area contributed by atoms with Crippen molar-refractivity contribution in [3.05, 3.63) is 95.2 Å². The van der Waals surface area contributed by atoms with Crippen LogP contribution in [-0.2, 0) is 22.7 Å². The van der Waals surface area contributed by atoms with E-state index in [9.17, 15) is 18.8 Å². The van der Waals surface area contributed by atoms with Crippen molar-refractivity contribution >= 4 is 23.9 Å². The van der Waals surface area contributed by atoms with Gasteiger partial charge in [-0.3, -0.25) is 19.8 Å². The molecule has 4 rings (SSSR count). The molecule has 1 aromatic heterocycles. The number of ether oxygens (including phenoxy) is 1. The smallest absolute Gasteiger partial charge is 0.331 e. The van der Waals surface area contributed by atoms with E-state index in [0.29, 0.717) is 22.6 Å². The predicted molar refractivity (Wildman–Crippen MR) is 108 cm³/mol. The van der Waals surface area contributed by atoms with Gasteiger partial charge in [-0.1, -0.05) is 30.3 Å². The zero-order valence-electron chi connectivity index (χ0n) is 16.2. The van der Waals surface area contributed by atoms with Gasteiger partial charge in [-0.05, 0) is 42.0 Å². The van der Waals surface area contributed by atoms with Crippen molar-refractivity contribution < 1.29 is 27.9 Å². The molecule has 0 radical (unpaired) electrons. The summed E-state index contributed by atoms with van der Waals surface area (Å²) < 4.78 is 24.6. The lowest BCUT2D eigenvalue weighted by atomic mass is 10.1. The van der Waals surface area contributed by atoms with E-state index in [4.69, 9.17) is 9.15 Å². The average molecular weight is 420 g/mol. The maximum absolute atomic E-state index is 13.8. The van der Waals surface area contributed by atoms with Gasteiger partial charge in [-0.25, -0.2) is 9.18 Å². The zero-order valence-corrected chi connectivity index (χ0v) is 16.2. The van der Waals surface area contributed by atoms with Gasteiger partial charge in [0.15, 0.2) is 0 Å². The number of urea groups is 1. The lowest BCUT2D eigenvalue weighted by Crippen LogP contribution is -2.53. The molecule has 1 saturated heterocycles. The molecule has 1 aliphatic rings. The molecule has 0 unspecified atom stereocenters. The van der Waals surface area contributed by atoms with E-state index < -0.39 is 17.8 Å². The number of carbonyl (C=O) groups is 3. The van der Waals surface area contributed by atoms with Crippen molar-refractivity contribution in [2.45, 2.75) is 13.2 Å². The molecule has 0 aliphatic carbocycles. The first-order valence-corrected chi connectivity index (χ1v) is 9.39. The SMILES string of the molecule is O=C1NC(=O)N(Cc2ccco2)C(=O)C1=Cc1cccc(OCc2ccccc2F)c1. The van der Waals surface area contributed by atoms with Crippen LogP contribution in [0.5, 0.6) is 5.75 Å². The van der Waals surface area contributed by atoms with E-state index in [1.54, 1.807) is 54.6 Å². The number of benzene rings is 2. The maximum atomic E-state index is 13.8. The van der Waals surface area contributed by atoms with Crippen LogP contribution in [0.3, 0.4) is 0 Å². The third kappa shape index (κ3) is 4.53. The third-order valence-corrected chi connectivity index (χ3v) is 4.60. The molecule has 4 amide bonds. The lowest BCUT2D eigenvalue weighted by molar-refractivity contribution is -0.130. The largest absolute Gasteiger partial charge is 0.489 e. The minimum absolute atomic E-state index is 0.0253. The topological polar surface area (TPSA) is 88.9 Å². The number of nitrogens with zero attached hydrogens (tertiary/aromatic N) is 1. The highest BCUT2D eigenvalue weighted by molar-refractivity contribution is 6.30. The van der Waals surface area contributed by atoms with Gasteiger partial charge in [0.2, 0.25) is 0 Å². The molecule has 0 atom stereocenters. The second-order valence-corrected chi connectivity index (χ2v) is 6.74. The van der Waals surface area contributed by atoms with Gasteiger partial charge in [0.1, 0.15) is 29.5 Å². The highest BCUT2D eigenvalue weighted by Gasteiger charge is 2.36. The molecule has 156 valence electrons. The van der Waals surface area contributed by atoms with Crippen LogP contribution in [0.2, 0.25) is 0 Å². The second-order valence-electron chi connectivity index (χ2n) is 6.74. The molecular weight excluding hydrogens is 403 g/mol. The van der Waals surface area contributed by atoms with Gasteiger partial charge < -0.3 is 9.15 Å². The van der Waals surface area contributed by atoms with Crippen LogP contribution in [0.4, 0.5) is 9.18 Å². The average Bonchev–Trinajstić information content (AvgIpc) is 3.27. The number of hydrogen-bond acceptors (Lipinski definition) is 5. The number of barbiturate groups is 1. The van der Waals surface area contributed by atoms with Crippen molar-refractivity contribution in [2.75, 3.05) is 0 Å². The number of halogens is 1. The Hall–Kier alpha value is -4.20. The van der Waals surface area contributed by atoms with E-state index in [1.165, 1.54) is 18.4 Å². The summed E-state index contributed by atoms with van der Waals surface area (Å²) in [4.78, 5) is 38.0. The first-order chi connectivity index (χ1) is 15.0. The Bertz CT molecular complexity index is 1170. The summed E-state index contributed by atoms with van der Waals surface area (Å²) in [7, 11) is 0. The molecule has 1 aliphatic heterocycles. The van der Waals surface area contributed by atoms with Gasteiger partial charge in [-0.15, -0.1) is 0 Å². The molecule has 3 aromatic rings. The number of furan rings is 1. The Labute approximate surface area is 176 Å². The maximum Gasteiger partial charge on any atom is 0.331 e. The molecule has 2 aromatic carbocycles. The van der Waals surface area contributed by atoms with Gasteiger partial charge in [-0.2, -0.15) is 0 Å². The van der Waals surface area contributed by atoms with E-state index in [2.05, 4.69) is 5.32 Å². The Morgan fingerprint density at radius 3 is 2.65 bits per heavy atom. The van der Waals surface area contributed by atoms with Crippen LogP contribution >= 0.6 is 0 Å². The first-order valence-electron chi connectivity index (χ1n) is 9.39. The number of carbonyl (C=O) groups excluding carboxylic acids is 3. The summed E-state index contributed by atoms with van der Waals surface area (Å²) >= 11 is 0. The van der Waals surface area contributed by atoms with Gasteiger partial charge >= 0.3 is 6.03 Å². The monoisotopic (exact) mass is 420 g/mol. The molecule has 7 nitrogen and oxygen atoms in total. The molecule has 1 fully saturated rings. The van der Waals surface area contributed by atoms with E-state index >= 15 is 0 Å². The quantitative estimate of drug-likeness (QED) is 0.486. The molecule has 8 heteroatoms. The fourth-order valence-electron chi connectivity index (χ4n) is 3.03. The minimum Gasteiger partial charge on any atom is -0.489 e. The van der Waals surface area contributed by atoms with Crippen LogP contribution in [-0.4, -0.2) is 22.7 Å². The molecule has 1 N–H and O–H groups in total. The first kappa shape index (κ1) is 20.1. The van der Waals surface area contributed by atoms with Crippen molar-refractivity contribution in [3.63, 3.8) is 0 Å². The number of rotatable bonds is 6. The third-order valence-electron chi connectivity index (χ3n) is 4.60. The lowest BCUT2D eigenvalue weighted by Gasteiger charge is -2.25. The Balaban J connectivity index is 1.53. The molecule has 31 heavy (non-hydrogen) atoms. The summed E-state index contributed by atoms with van der Waals surface area (Å²) in [5, 5.41) is 2.15. The summed E-state index contributed by atoms with van der Waals surface area (Å²) in [6.45, 7) is -0.0778. The molecule has 2 heterocycles. The van der Waals surface area contributed by atoms with Crippen LogP contribution < -0.4 is 10.1 Å². The van der Waals surface area contributed by atoms with Gasteiger partial charge in [0, 0.05) is 5.56 Å². The summed E-state index contributed by atoms with van der Waals surface area (Å²) in [5.74, 6) is -1.05. The van der Waals surface area contributed by atoms with Crippen molar-refractivity contribution in [1.29, 1.82) is 0 Å². The fraction of sp³-hybridized carbons (Fsp3) is 0.0870. The van der Waals surface area contributed by atoms with Crippen LogP contribution in [0, 0.1) is 5.82 Å². The van der Waals surface area contributed by atoms with Gasteiger partial charge in [0.05, 0.1) is 12.8 Å². The molecule has 0 saturated carbocycles. The number of amides is 4. The number of imide groups is 2. The minimum atomic E-state index is -0.814. The zero-order chi connectivity index (χ0) is 21.8. The van der Waals surface area contributed by atoms with Crippen molar-refractivity contribution in [3.8, 4) is 5.75 Å². The van der Waals surface area contributed by atoms with Crippen LogP contribution in [0.1, 0.15) is 16.9 Å². The Morgan fingerprint density at radius 1 is 1.03 bits per heavy atom. The highest BCUT2D eigenvalue weighted by atomic mass is 19.1. The van der Waals surface area contributed by atoms with Crippen LogP contribution in [0.15, 0.2) is 76.9 Å². The standard InChI is InChI=1S/C23H17FN2O5/c24-20-9-2-1-6-16(20)14-31-17-7-3-5-15(11-17)12-19-21(27)25-23(29)26(22(19)28)13-18-8-4-10-30-18/h1-12H,13-14H2,(H,25,27,29). The summed E-state index contributed by atoms with van der Waals surface area (Å²) in [5.41, 5.74) is 0.717. The highest BCUT2D eigenvalue weighted by Crippen LogP contribution is 2.21. The van der Waals surface area contributed by atoms with Crippen LogP contribution in [0.25, 0.3) is 6.08 Å². The van der Waals surface area contributed by atoms with Gasteiger partial charge in [0.25, 0.3) is 11.8 Å². The normalized spacial score (nSPS) is 15.3. The second kappa shape index (κ2) is 8.66. The molecule has 0 spiro atoms. The van der Waals surface area contributed by atoms with Crippen molar-refractivity contribution in [1.82, 2.24) is 10.2 Å². The van der Waals surface area contributed by atoms with E-state index in [-0.39, 0.29) is 24.5 Å². The van der Waals surface area contributed by atoms with E-state index in [1.807, 2.05) is 0 Å². The summed E-state index contributed by atoms with van der Waals surface area (Å²) in [6, 6.07) is 15.4. The number of hydrogen-bond donors (Lipinski definition) is 1. The Kier molecular flexibility index (Phi) is 5.61. The molecule has 0 bridgehead atoms. The fourth-order valence-corrected chi connectivity index (χ4v) is 3.03. The predicted octanol–water partition coefficient (Wildman–Crippen LogP) is 3.66. The number of nitrogens with one attached hydrogen (secondary N) is 1. The Morgan fingerprint density at radius 2 is 1.87 bits per heavy atom. The summed E-state index contributed by atoms with van der Waals surface area (Å²) in [6.07, 6.45) is 2.80.